The number of fused-ring (bicyclic) bond motifs is 1. The van der Waals surface area contributed by atoms with Gasteiger partial charge in [0.1, 0.15) is 17.2 Å². The van der Waals surface area contributed by atoms with Crippen molar-refractivity contribution in [2.75, 3.05) is 12.8 Å². The fourth-order valence-electron chi connectivity index (χ4n) is 2.35. The topological polar surface area (TPSA) is 55.2 Å². The first kappa shape index (κ1) is 15.7. The lowest BCUT2D eigenvalue weighted by Crippen LogP contribution is -2.34. The highest BCUT2D eigenvalue weighted by molar-refractivity contribution is 7.99. The molecular weight excluding hydrogens is 324 g/mol. The molecule has 8 heteroatoms. The fraction of sp³-hybridized carbons (Fsp3) is 0.267. The maximum Gasteiger partial charge on any atom is 0.267 e. The molecule has 1 amide bonds. The second-order valence-corrected chi connectivity index (χ2v) is 6.22. The Morgan fingerprint density at radius 3 is 2.96 bits per heavy atom. The summed E-state index contributed by atoms with van der Waals surface area (Å²) in [6.45, 7) is 0.449. The second-order valence-electron chi connectivity index (χ2n) is 5.16. The van der Waals surface area contributed by atoms with Crippen LogP contribution < -0.4 is 5.56 Å². The van der Waals surface area contributed by atoms with Crippen LogP contribution in [0.15, 0.2) is 34.3 Å². The highest BCUT2D eigenvalue weighted by atomic mass is 32.2. The molecule has 3 rings (SSSR count). The van der Waals surface area contributed by atoms with Gasteiger partial charge < -0.3 is 4.90 Å². The number of rotatable bonds is 3. The van der Waals surface area contributed by atoms with Gasteiger partial charge in [-0.25, -0.2) is 13.8 Å². The van der Waals surface area contributed by atoms with E-state index in [-0.39, 0.29) is 17.7 Å². The molecule has 0 spiro atoms. The first-order valence-corrected chi connectivity index (χ1v) is 7.88. The Labute approximate surface area is 134 Å². The third kappa shape index (κ3) is 2.98. The summed E-state index contributed by atoms with van der Waals surface area (Å²) in [5.41, 5.74) is -0.273. The van der Waals surface area contributed by atoms with E-state index in [1.54, 1.807) is 0 Å². The first-order valence-electron chi connectivity index (χ1n) is 6.89. The molecule has 5 nitrogen and oxygen atoms in total. The Kier molecular flexibility index (Phi) is 4.16. The Bertz CT molecular complexity index is 838. The van der Waals surface area contributed by atoms with Crippen molar-refractivity contribution in [3.8, 4) is 0 Å². The Balaban J connectivity index is 1.84. The highest BCUT2D eigenvalue weighted by Crippen LogP contribution is 2.21. The van der Waals surface area contributed by atoms with Crippen molar-refractivity contribution >= 4 is 17.7 Å². The van der Waals surface area contributed by atoms with Gasteiger partial charge in [-0.1, -0.05) is 17.8 Å². The summed E-state index contributed by atoms with van der Waals surface area (Å²) in [7, 11) is 1.46. The minimum Gasteiger partial charge on any atom is -0.337 e. The predicted molar refractivity (Wildman–Crippen MR) is 81.4 cm³/mol. The lowest BCUT2D eigenvalue weighted by atomic mass is 10.2. The van der Waals surface area contributed by atoms with Crippen molar-refractivity contribution in [1.82, 2.24) is 14.5 Å². The minimum absolute atomic E-state index is 0.0544. The lowest BCUT2D eigenvalue weighted by molar-refractivity contribution is 0.0780. The number of nitrogens with zero attached hydrogens (tertiary/aromatic N) is 3. The van der Waals surface area contributed by atoms with Gasteiger partial charge in [-0.2, -0.15) is 0 Å². The van der Waals surface area contributed by atoms with E-state index in [4.69, 9.17) is 0 Å². The Hall–Kier alpha value is -2.22. The number of hydrogen-bond acceptors (Lipinski definition) is 4. The molecule has 0 radical (unpaired) electrons. The Morgan fingerprint density at radius 2 is 2.22 bits per heavy atom. The smallest absolute Gasteiger partial charge is 0.267 e. The summed E-state index contributed by atoms with van der Waals surface area (Å²) in [6.07, 6.45) is 1.26. The van der Waals surface area contributed by atoms with Crippen molar-refractivity contribution in [3.63, 3.8) is 0 Å². The lowest BCUT2D eigenvalue weighted by Gasteiger charge is -2.17. The molecule has 0 saturated carbocycles. The molecule has 0 aliphatic carbocycles. The van der Waals surface area contributed by atoms with E-state index in [1.165, 1.54) is 40.5 Å². The summed E-state index contributed by atoms with van der Waals surface area (Å²) in [4.78, 5) is 30.1. The van der Waals surface area contributed by atoms with Gasteiger partial charge in [-0.05, 0) is 6.07 Å². The van der Waals surface area contributed by atoms with Crippen molar-refractivity contribution in [2.24, 2.45) is 0 Å². The summed E-state index contributed by atoms with van der Waals surface area (Å²) >= 11 is 1.46. The summed E-state index contributed by atoms with van der Waals surface area (Å²) in [6, 6.07) is 3.16. The van der Waals surface area contributed by atoms with E-state index in [0.717, 1.165) is 17.9 Å². The number of hydrogen-bond donors (Lipinski definition) is 0. The van der Waals surface area contributed by atoms with Crippen LogP contribution in [0.1, 0.15) is 15.9 Å². The summed E-state index contributed by atoms with van der Waals surface area (Å²) < 4.78 is 28.1. The van der Waals surface area contributed by atoms with Crippen LogP contribution >= 0.6 is 11.8 Å². The number of carbonyl (C=O) groups excluding carboxylic acids is 1. The average Bonchev–Trinajstić information content (AvgIpc) is 2.99. The van der Waals surface area contributed by atoms with Gasteiger partial charge in [0.05, 0.1) is 0 Å². The molecule has 23 heavy (non-hydrogen) atoms. The number of aromatic nitrogens is 2. The predicted octanol–water partition coefficient (Wildman–Crippen LogP) is 1.90. The van der Waals surface area contributed by atoms with Crippen LogP contribution in [0.25, 0.3) is 0 Å². The van der Waals surface area contributed by atoms with Crippen LogP contribution in [-0.4, -0.2) is 33.2 Å². The van der Waals surface area contributed by atoms with Gasteiger partial charge in [-0.15, -0.1) is 0 Å². The van der Waals surface area contributed by atoms with E-state index < -0.39 is 23.1 Å². The zero-order chi connectivity index (χ0) is 16.6. The van der Waals surface area contributed by atoms with E-state index in [9.17, 15) is 18.4 Å². The summed E-state index contributed by atoms with van der Waals surface area (Å²) in [5, 5.41) is 0.596. The molecule has 0 fully saturated rings. The van der Waals surface area contributed by atoms with Crippen LogP contribution in [-0.2, 0) is 13.1 Å². The average molecular weight is 337 g/mol. The number of halogens is 2. The van der Waals surface area contributed by atoms with Gasteiger partial charge in [0.15, 0.2) is 5.16 Å². The molecule has 2 aromatic rings. The van der Waals surface area contributed by atoms with Crippen molar-refractivity contribution in [1.29, 1.82) is 0 Å². The quantitative estimate of drug-likeness (QED) is 0.803. The maximum absolute atomic E-state index is 13.7. The fourth-order valence-corrected chi connectivity index (χ4v) is 3.26. The largest absolute Gasteiger partial charge is 0.337 e. The molecule has 120 valence electrons. The molecule has 0 saturated heterocycles. The molecule has 1 aromatic carbocycles. The van der Waals surface area contributed by atoms with Crippen LogP contribution in [0.5, 0.6) is 0 Å². The third-order valence-electron chi connectivity index (χ3n) is 3.56. The van der Waals surface area contributed by atoms with Crippen molar-refractivity contribution < 1.29 is 13.6 Å². The zero-order valence-corrected chi connectivity index (χ0v) is 13.1. The number of amides is 1. The standard InChI is InChI=1S/C15H13F2N3O2S/c1-19(8-9-2-3-10(16)6-12(9)17)13(21)11-7-18-15-20(14(11)22)4-5-23-15/h2-3,6-7H,4-5,8H2,1H3. The molecule has 0 unspecified atom stereocenters. The van der Waals surface area contributed by atoms with Crippen LogP contribution in [0.4, 0.5) is 8.78 Å². The van der Waals surface area contributed by atoms with Crippen LogP contribution in [0.2, 0.25) is 0 Å². The van der Waals surface area contributed by atoms with Gasteiger partial charge in [0, 0.05) is 43.7 Å². The molecule has 1 aromatic heterocycles. The van der Waals surface area contributed by atoms with Crippen LogP contribution in [0, 0.1) is 11.6 Å². The van der Waals surface area contributed by atoms with Gasteiger partial charge in [0.25, 0.3) is 11.5 Å². The molecule has 2 heterocycles. The van der Waals surface area contributed by atoms with Gasteiger partial charge in [-0.3, -0.25) is 14.2 Å². The van der Waals surface area contributed by atoms with E-state index >= 15 is 0 Å². The second kappa shape index (κ2) is 6.11. The first-order chi connectivity index (χ1) is 11.0. The third-order valence-corrected chi connectivity index (χ3v) is 4.53. The number of thioether (sulfide) groups is 1. The van der Waals surface area contributed by atoms with E-state index in [2.05, 4.69) is 4.98 Å². The SMILES string of the molecule is CN(Cc1ccc(F)cc1F)C(=O)c1cnc2n(c1=O)CCS2. The van der Waals surface area contributed by atoms with E-state index in [1.807, 2.05) is 0 Å². The Morgan fingerprint density at radius 1 is 1.43 bits per heavy atom. The number of benzene rings is 1. The van der Waals surface area contributed by atoms with E-state index in [0.29, 0.717) is 11.7 Å². The monoisotopic (exact) mass is 337 g/mol. The molecule has 0 bridgehead atoms. The van der Waals surface area contributed by atoms with Crippen LogP contribution in [0.3, 0.4) is 0 Å². The minimum atomic E-state index is -0.732. The van der Waals surface area contributed by atoms with Gasteiger partial charge >= 0.3 is 0 Å². The number of carbonyl (C=O) groups is 1. The molecule has 0 N–H and O–H groups in total. The zero-order valence-electron chi connectivity index (χ0n) is 12.3. The van der Waals surface area contributed by atoms with Gasteiger partial charge in [0.2, 0.25) is 0 Å². The summed E-state index contributed by atoms with van der Waals surface area (Å²) in [5.74, 6) is -1.21. The molecule has 0 atom stereocenters. The molecular formula is C15H13F2N3O2S. The maximum atomic E-state index is 13.7. The van der Waals surface area contributed by atoms with Crippen molar-refractivity contribution in [2.45, 2.75) is 18.2 Å². The highest BCUT2D eigenvalue weighted by Gasteiger charge is 2.22. The molecule has 1 aliphatic rings. The normalized spacial score (nSPS) is 13.0. The van der Waals surface area contributed by atoms with Crippen molar-refractivity contribution in [3.05, 3.63) is 57.5 Å². The molecule has 1 aliphatic heterocycles.